The SMILES string of the molecule is CCOC(=O)c1sc(NC(=O)CN(CC)CC(=O)NC(C)(C)C)cc1C. The van der Waals surface area contributed by atoms with E-state index in [1.54, 1.807) is 24.8 Å². The second-order valence-electron chi connectivity index (χ2n) is 6.99. The van der Waals surface area contributed by atoms with Gasteiger partial charge in [-0.3, -0.25) is 14.5 Å². The number of carbonyl (C=O) groups excluding carboxylic acids is 3. The van der Waals surface area contributed by atoms with E-state index in [9.17, 15) is 14.4 Å². The number of hydrogen-bond acceptors (Lipinski definition) is 6. The Labute approximate surface area is 159 Å². The summed E-state index contributed by atoms with van der Waals surface area (Å²) in [6.45, 7) is 12.3. The van der Waals surface area contributed by atoms with Gasteiger partial charge in [0, 0.05) is 5.54 Å². The molecule has 0 spiro atoms. The third-order valence-corrected chi connectivity index (χ3v) is 4.47. The zero-order valence-corrected chi connectivity index (χ0v) is 17.2. The molecular weight excluding hydrogens is 354 g/mol. The Balaban J connectivity index is 2.63. The molecule has 0 radical (unpaired) electrons. The van der Waals surface area contributed by atoms with E-state index in [1.807, 2.05) is 27.7 Å². The number of aryl methyl sites for hydroxylation is 1. The summed E-state index contributed by atoms with van der Waals surface area (Å²) in [7, 11) is 0. The summed E-state index contributed by atoms with van der Waals surface area (Å²) in [6.07, 6.45) is 0. The lowest BCUT2D eigenvalue weighted by Crippen LogP contribution is -2.47. The number of esters is 1. The maximum Gasteiger partial charge on any atom is 0.348 e. The molecule has 26 heavy (non-hydrogen) atoms. The number of nitrogens with one attached hydrogen (secondary N) is 2. The Morgan fingerprint density at radius 1 is 1.15 bits per heavy atom. The number of hydrogen-bond donors (Lipinski definition) is 2. The molecule has 146 valence electrons. The lowest BCUT2D eigenvalue weighted by molar-refractivity contribution is -0.124. The topological polar surface area (TPSA) is 87.7 Å². The van der Waals surface area contributed by atoms with Gasteiger partial charge in [0.2, 0.25) is 11.8 Å². The fraction of sp³-hybridized carbons (Fsp3) is 0.611. The first-order chi connectivity index (χ1) is 12.1. The van der Waals surface area contributed by atoms with Gasteiger partial charge in [-0.2, -0.15) is 0 Å². The van der Waals surface area contributed by atoms with Crippen molar-refractivity contribution in [3.05, 3.63) is 16.5 Å². The van der Waals surface area contributed by atoms with E-state index < -0.39 is 0 Å². The van der Waals surface area contributed by atoms with Crippen LogP contribution in [0, 0.1) is 6.92 Å². The predicted molar refractivity (Wildman–Crippen MR) is 104 cm³/mol. The molecule has 0 aliphatic heterocycles. The van der Waals surface area contributed by atoms with Crippen molar-refractivity contribution in [2.24, 2.45) is 0 Å². The maximum atomic E-state index is 12.3. The first kappa shape index (κ1) is 22.1. The van der Waals surface area contributed by atoms with Crippen molar-refractivity contribution in [3.8, 4) is 0 Å². The van der Waals surface area contributed by atoms with Gasteiger partial charge in [0.1, 0.15) is 4.88 Å². The second kappa shape index (κ2) is 9.68. The van der Waals surface area contributed by atoms with Crippen LogP contribution in [0.15, 0.2) is 6.07 Å². The lowest BCUT2D eigenvalue weighted by atomic mass is 10.1. The summed E-state index contributed by atoms with van der Waals surface area (Å²) >= 11 is 1.19. The molecule has 8 heteroatoms. The molecule has 0 saturated carbocycles. The first-order valence-electron chi connectivity index (χ1n) is 8.66. The van der Waals surface area contributed by atoms with E-state index in [0.29, 0.717) is 23.0 Å². The molecule has 0 fully saturated rings. The first-order valence-corrected chi connectivity index (χ1v) is 9.48. The van der Waals surface area contributed by atoms with E-state index in [4.69, 9.17) is 4.74 Å². The summed E-state index contributed by atoms with van der Waals surface area (Å²) in [5.74, 6) is -0.736. The summed E-state index contributed by atoms with van der Waals surface area (Å²) in [5, 5.41) is 6.25. The maximum absolute atomic E-state index is 12.3. The quantitative estimate of drug-likeness (QED) is 0.673. The largest absolute Gasteiger partial charge is 0.462 e. The van der Waals surface area contributed by atoms with Crippen LogP contribution in [-0.4, -0.2) is 54.5 Å². The van der Waals surface area contributed by atoms with Crippen LogP contribution in [0.3, 0.4) is 0 Å². The minimum absolute atomic E-state index is 0.0970. The van der Waals surface area contributed by atoms with Crippen LogP contribution in [0.2, 0.25) is 0 Å². The second-order valence-corrected chi connectivity index (χ2v) is 8.05. The Bertz CT molecular complexity index is 649. The molecule has 1 rings (SSSR count). The van der Waals surface area contributed by atoms with Crippen molar-refractivity contribution in [2.75, 3.05) is 31.6 Å². The standard InChI is InChI=1S/C18H29N3O4S/c1-7-21(11-14(23)20-18(4,5)6)10-13(22)19-15-9-12(3)16(26-15)17(24)25-8-2/h9H,7-8,10-11H2,1-6H3,(H,19,22)(H,20,23). The van der Waals surface area contributed by atoms with Crippen LogP contribution in [0.25, 0.3) is 0 Å². The normalized spacial score (nSPS) is 11.3. The summed E-state index contributed by atoms with van der Waals surface area (Å²) in [5.41, 5.74) is 0.456. The van der Waals surface area contributed by atoms with Crippen molar-refractivity contribution in [1.29, 1.82) is 0 Å². The number of amides is 2. The monoisotopic (exact) mass is 383 g/mol. The molecule has 0 aliphatic rings. The highest BCUT2D eigenvalue weighted by atomic mass is 32.1. The number of carbonyl (C=O) groups is 3. The number of likely N-dealkylation sites (N-methyl/N-ethyl adjacent to an activating group) is 1. The third kappa shape index (κ3) is 7.53. The van der Waals surface area contributed by atoms with E-state index in [1.165, 1.54) is 11.3 Å². The molecule has 0 aliphatic carbocycles. The summed E-state index contributed by atoms with van der Waals surface area (Å²) in [6, 6.07) is 1.75. The molecule has 0 aromatic carbocycles. The highest BCUT2D eigenvalue weighted by Gasteiger charge is 2.19. The molecule has 0 bridgehead atoms. The molecule has 0 unspecified atom stereocenters. The average Bonchev–Trinajstić information content (AvgIpc) is 2.85. The van der Waals surface area contributed by atoms with Gasteiger partial charge in [-0.1, -0.05) is 6.92 Å². The van der Waals surface area contributed by atoms with Gasteiger partial charge in [-0.15, -0.1) is 11.3 Å². The van der Waals surface area contributed by atoms with Crippen LogP contribution in [0.1, 0.15) is 49.9 Å². The molecular formula is C18H29N3O4S. The van der Waals surface area contributed by atoms with Crippen molar-refractivity contribution in [2.45, 2.75) is 47.1 Å². The zero-order chi connectivity index (χ0) is 19.9. The molecule has 2 N–H and O–H groups in total. The molecule has 1 aromatic heterocycles. The predicted octanol–water partition coefficient (Wildman–Crippen LogP) is 2.41. The van der Waals surface area contributed by atoms with Crippen LogP contribution in [-0.2, 0) is 14.3 Å². The molecule has 1 heterocycles. The van der Waals surface area contributed by atoms with Crippen molar-refractivity contribution in [3.63, 3.8) is 0 Å². The van der Waals surface area contributed by atoms with E-state index in [-0.39, 0.29) is 36.4 Å². The molecule has 0 saturated heterocycles. The van der Waals surface area contributed by atoms with Crippen molar-refractivity contribution < 1.29 is 19.1 Å². The number of ether oxygens (including phenoxy) is 1. The van der Waals surface area contributed by atoms with Crippen molar-refractivity contribution >= 4 is 34.1 Å². The fourth-order valence-electron chi connectivity index (χ4n) is 2.26. The molecule has 0 atom stereocenters. The fourth-order valence-corrected chi connectivity index (χ4v) is 3.25. The van der Waals surface area contributed by atoms with E-state index in [0.717, 1.165) is 5.56 Å². The van der Waals surface area contributed by atoms with Gasteiger partial charge in [-0.05, 0) is 52.8 Å². The van der Waals surface area contributed by atoms with Crippen LogP contribution in [0.4, 0.5) is 5.00 Å². The Morgan fingerprint density at radius 3 is 2.31 bits per heavy atom. The van der Waals surface area contributed by atoms with E-state index >= 15 is 0 Å². The van der Waals surface area contributed by atoms with Crippen molar-refractivity contribution in [1.82, 2.24) is 10.2 Å². The molecule has 1 aromatic rings. The minimum Gasteiger partial charge on any atom is -0.462 e. The Kier molecular flexibility index (Phi) is 8.23. The highest BCUT2D eigenvalue weighted by Crippen LogP contribution is 2.27. The smallest absolute Gasteiger partial charge is 0.348 e. The highest BCUT2D eigenvalue weighted by molar-refractivity contribution is 7.18. The van der Waals surface area contributed by atoms with Gasteiger partial charge < -0.3 is 15.4 Å². The van der Waals surface area contributed by atoms with E-state index in [2.05, 4.69) is 10.6 Å². The van der Waals surface area contributed by atoms with Gasteiger partial charge in [-0.25, -0.2) is 4.79 Å². The van der Waals surface area contributed by atoms with Crippen LogP contribution in [0.5, 0.6) is 0 Å². The van der Waals surface area contributed by atoms with Crippen LogP contribution >= 0.6 is 11.3 Å². The number of thiophene rings is 1. The molecule has 2 amide bonds. The Morgan fingerprint density at radius 2 is 1.77 bits per heavy atom. The molecule has 7 nitrogen and oxygen atoms in total. The Hall–Kier alpha value is -1.93. The van der Waals surface area contributed by atoms with Gasteiger partial charge >= 0.3 is 5.97 Å². The van der Waals surface area contributed by atoms with Gasteiger partial charge in [0.15, 0.2) is 0 Å². The average molecular weight is 384 g/mol. The summed E-state index contributed by atoms with van der Waals surface area (Å²) < 4.78 is 5.00. The summed E-state index contributed by atoms with van der Waals surface area (Å²) in [4.78, 5) is 38.4. The third-order valence-electron chi connectivity index (χ3n) is 3.34. The van der Waals surface area contributed by atoms with Crippen LogP contribution < -0.4 is 10.6 Å². The number of anilines is 1. The minimum atomic E-state index is -0.385. The van der Waals surface area contributed by atoms with Gasteiger partial charge in [0.25, 0.3) is 0 Å². The number of rotatable bonds is 8. The van der Waals surface area contributed by atoms with Gasteiger partial charge in [0.05, 0.1) is 24.7 Å². The number of nitrogens with zero attached hydrogens (tertiary/aromatic N) is 1. The zero-order valence-electron chi connectivity index (χ0n) is 16.4. The lowest BCUT2D eigenvalue weighted by Gasteiger charge is -2.24.